The average Bonchev–Trinajstić information content (AvgIpc) is 2.86. The molecule has 36 heavy (non-hydrogen) atoms. The van der Waals surface area contributed by atoms with E-state index in [2.05, 4.69) is 12.2 Å². The first kappa shape index (κ1) is 26.8. The van der Waals surface area contributed by atoms with Crippen LogP contribution in [0, 0.1) is 5.92 Å². The van der Waals surface area contributed by atoms with Gasteiger partial charge < -0.3 is 15.2 Å². The first-order valence-electron chi connectivity index (χ1n) is 11.6. The van der Waals surface area contributed by atoms with Crippen molar-refractivity contribution in [2.24, 2.45) is 5.92 Å². The third-order valence-electron chi connectivity index (χ3n) is 5.70. The van der Waals surface area contributed by atoms with E-state index in [0.29, 0.717) is 23.5 Å². The number of aliphatic carboxylic acids is 1. The van der Waals surface area contributed by atoms with Gasteiger partial charge in [0.1, 0.15) is 5.75 Å². The lowest BCUT2D eigenvalue weighted by molar-refractivity contribution is -0.138. The molecule has 0 saturated carbocycles. The summed E-state index contributed by atoms with van der Waals surface area (Å²) in [6.07, 6.45) is -2.77. The molecule has 3 rings (SSSR count). The molecule has 0 heterocycles. The van der Waals surface area contributed by atoms with E-state index in [1.54, 1.807) is 24.3 Å². The molecule has 0 radical (unpaired) electrons. The number of rotatable bonds is 11. The number of benzene rings is 3. The number of carboxylic acids is 1. The summed E-state index contributed by atoms with van der Waals surface area (Å²) in [7, 11) is 0. The summed E-state index contributed by atoms with van der Waals surface area (Å²) in [5, 5.41) is 11.2. The van der Waals surface area contributed by atoms with Gasteiger partial charge in [-0.15, -0.1) is 0 Å². The molecule has 0 spiro atoms. The zero-order chi connectivity index (χ0) is 26.1. The third kappa shape index (κ3) is 8.15. The van der Waals surface area contributed by atoms with Crippen LogP contribution in [0.25, 0.3) is 11.1 Å². The average molecular weight is 500 g/mol. The standard InChI is InChI=1S/C28H28F3NO4/c1-19(2-3-20-4-6-23(7-5-20)27(35)32-17-16-26(33)34)18-36-25-14-10-22(11-15-25)21-8-12-24(13-9-21)28(29,30)31/h4-15,19H,2-3,16-18H2,1H3,(H,32,35)(H,33,34). The molecule has 5 nitrogen and oxygen atoms in total. The molecule has 3 aromatic carbocycles. The fourth-order valence-corrected chi connectivity index (χ4v) is 3.54. The van der Waals surface area contributed by atoms with E-state index in [0.717, 1.165) is 36.1 Å². The summed E-state index contributed by atoms with van der Waals surface area (Å²) in [5.41, 5.74) is 2.41. The lowest BCUT2D eigenvalue weighted by atomic mass is 10.0. The van der Waals surface area contributed by atoms with E-state index in [9.17, 15) is 22.8 Å². The number of carboxylic acid groups (broad SMARTS) is 1. The van der Waals surface area contributed by atoms with Crippen molar-refractivity contribution < 1.29 is 32.6 Å². The summed E-state index contributed by atoms with van der Waals surface area (Å²) >= 11 is 0. The predicted octanol–water partition coefficient (Wildman–Crippen LogP) is 6.22. The van der Waals surface area contributed by atoms with E-state index >= 15 is 0 Å². The number of hydrogen-bond donors (Lipinski definition) is 2. The maximum absolute atomic E-state index is 12.7. The van der Waals surface area contributed by atoms with Crippen LogP contribution >= 0.6 is 0 Å². The Kier molecular flexibility index (Phi) is 9.11. The van der Waals surface area contributed by atoms with E-state index in [1.807, 2.05) is 24.3 Å². The third-order valence-corrected chi connectivity index (χ3v) is 5.70. The van der Waals surface area contributed by atoms with Crippen molar-refractivity contribution in [1.29, 1.82) is 0 Å². The largest absolute Gasteiger partial charge is 0.493 e. The van der Waals surface area contributed by atoms with Crippen LogP contribution in [0.1, 0.15) is 41.3 Å². The van der Waals surface area contributed by atoms with Crippen molar-refractivity contribution in [3.8, 4) is 16.9 Å². The number of halogens is 3. The van der Waals surface area contributed by atoms with Gasteiger partial charge in [-0.2, -0.15) is 13.2 Å². The molecule has 8 heteroatoms. The zero-order valence-electron chi connectivity index (χ0n) is 19.8. The maximum atomic E-state index is 12.7. The highest BCUT2D eigenvalue weighted by molar-refractivity contribution is 5.94. The van der Waals surface area contributed by atoms with Crippen LogP contribution < -0.4 is 10.1 Å². The summed E-state index contributed by atoms with van der Waals surface area (Å²) in [6, 6.07) is 19.6. The van der Waals surface area contributed by atoms with Crippen molar-refractivity contribution in [2.45, 2.75) is 32.4 Å². The van der Waals surface area contributed by atoms with Crippen molar-refractivity contribution in [3.05, 3.63) is 89.5 Å². The highest BCUT2D eigenvalue weighted by Crippen LogP contribution is 2.31. The number of aryl methyl sites for hydroxylation is 1. The zero-order valence-corrected chi connectivity index (χ0v) is 19.8. The van der Waals surface area contributed by atoms with Crippen LogP contribution in [0.15, 0.2) is 72.8 Å². The topological polar surface area (TPSA) is 75.6 Å². The van der Waals surface area contributed by atoms with Crippen LogP contribution in [0.5, 0.6) is 5.75 Å². The lowest BCUT2D eigenvalue weighted by Crippen LogP contribution is -2.25. The molecule has 190 valence electrons. The van der Waals surface area contributed by atoms with Crippen molar-refractivity contribution in [3.63, 3.8) is 0 Å². The fourth-order valence-electron chi connectivity index (χ4n) is 3.54. The smallest absolute Gasteiger partial charge is 0.416 e. The molecule has 2 N–H and O–H groups in total. The molecule has 1 atom stereocenters. The van der Waals surface area contributed by atoms with E-state index in [-0.39, 0.29) is 24.8 Å². The lowest BCUT2D eigenvalue weighted by Gasteiger charge is -2.14. The Labute approximate surface area is 207 Å². The van der Waals surface area contributed by atoms with Gasteiger partial charge in [0.2, 0.25) is 0 Å². The molecule has 3 aromatic rings. The second kappa shape index (κ2) is 12.2. The molecule has 1 unspecified atom stereocenters. The molecular weight excluding hydrogens is 471 g/mol. The molecule has 0 aromatic heterocycles. The Morgan fingerprint density at radius 1 is 0.917 bits per heavy atom. The van der Waals surface area contributed by atoms with Crippen molar-refractivity contribution in [1.82, 2.24) is 5.32 Å². The van der Waals surface area contributed by atoms with Crippen LogP contribution in [-0.2, 0) is 17.4 Å². The maximum Gasteiger partial charge on any atom is 0.416 e. The number of carbonyl (C=O) groups is 2. The number of carbonyl (C=O) groups excluding carboxylic acids is 1. The predicted molar refractivity (Wildman–Crippen MR) is 131 cm³/mol. The number of amides is 1. The van der Waals surface area contributed by atoms with Gasteiger partial charge in [0.05, 0.1) is 18.6 Å². The number of nitrogens with one attached hydrogen (secondary N) is 1. The number of alkyl halides is 3. The second-order valence-corrected chi connectivity index (χ2v) is 8.65. The molecule has 0 aliphatic heterocycles. The van der Waals surface area contributed by atoms with Crippen molar-refractivity contribution >= 4 is 11.9 Å². The molecule has 0 bridgehead atoms. The Balaban J connectivity index is 1.43. The van der Waals surface area contributed by atoms with Gasteiger partial charge in [-0.25, -0.2) is 0 Å². The Morgan fingerprint density at radius 3 is 2.06 bits per heavy atom. The normalized spacial score (nSPS) is 12.1. The van der Waals surface area contributed by atoms with Gasteiger partial charge in [-0.3, -0.25) is 9.59 Å². The van der Waals surface area contributed by atoms with Gasteiger partial charge in [0, 0.05) is 12.1 Å². The van der Waals surface area contributed by atoms with Crippen molar-refractivity contribution in [2.75, 3.05) is 13.2 Å². The molecule has 0 aliphatic carbocycles. The molecule has 1 amide bonds. The minimum absolute atomic E-state index is 0.0885. The minimum atomic E-state index is -4.35. The molecule has 0 aliphatic rings. The van der Waals surface area contributed by atoms with Gasteiger partial charge >= 0.3 is 12.1 Å². The minimum Gasteiger partial charge on any atom is -0.493 e. The van der Waals surface area contributed by atoms with Crippen LogP contribution in [-0.4, -0.2) is 30.1 Å². The van der Waals surface area contributed by atoms with Crippen LogP contribution in [0.4, 0.5) is 13.2 Å². The number of hydrogen-bond acceptors (Lipinski definition) is 3. The molecule has 0 fully saturated rings. The first-order chi connectivity index (χ1) is 17.1. The monoisotopic (exact) mass is 499 g/mol. The summed E-state index contributed by atoms with van der Waals surface area (Å²) in [5.74, 6) is -0.290. The van der Waals surface area contributed by atoms with Gasteiger partial charge in [0.25, 0.3) is 5.91 Å². The highest BCUT2D eigenvalue weighted by Gasteiger charge is 2.29. The Morgan fingerprint density at radius 2 is 1.50 bits per heavy atom. The molecule has 0 saturated heterocycles. The fraction of sp³-hybridized carbons (Fsp3) is 0.286. The highest BCUT2D eigenvalue weighted by atomic mass is 19.4. The summed E-state index contributed by atoms with van der Waals surface area (Å²) < 4.78 is 44.1. The first-order valence-corrected chi connectivity index (χ1v) is 11.6. The van der Waals surface area contributed by atoms with Gasteiger partial charge in [-0.05, 0) is 71.8 Å². The van der Waals surface area contributed by atoms with E-state index in [4.69, 9.17) is 9.84 Å². The van der Waals surface area contributed by atoms with Crippen LogP contribution in [0.2, 0.25) is 0 Å². The molecular formula is C28H28F3NO4. The van der Waals surface area contributed by atoms with Crippen LogP contribution in [0.3, 0.4) is 0 Å². The summed E-state index contributed by atoms with van der Waals surface area (Å²) in [6.45, 7) is 2.69. The van der Waals surface area contributed by atoms with Gasteiger partial charge in [-0.1, -0.05) is 43.3 Å². The Bertz CT molecular complexity index is 1140. The Hall–Kier alpha value is -3.81. The van der Waals surface area contributed by atoms with Gasteiger partial charge in [0.15, 0.2) is 0 Å². The van der Waals surface area contributed by atoms with E-state index < -0.39 is 17.7 Å². The summed E-state index contributed by atoms with van der Waals surface area (Å²) in [4.78, 5) is 22.5. The SMILES string of the molecule is CC(CCc1ccc(C(=O)NCCC(=O)O)cc1)COc1ccc(-c2ccc(C(F)(F)F)cc2)cc1. The quantitative estimate of drug-likeness (QED) is 0.328. The number of ether oxygens (including phenoxy) is 1. The second-order valence-electron chi connectivity index (χ2n) is 8.65. The van der Waals surface area contributed by atoms with E-state index in [1.165, 1.54) is 12.1 Å².